The van der Waals surface area contributed by atoms with E-state index in [-0.39, 0.29) is 16.9 Å². The highest BCUT2D eigenvalue weighted by atomic mass is 31.1. The van der Waals surface area contributed by atoms with Crippen LogP contribution in [0.15, 0.2) is 50.9 Å². The highest BCUT2D eigenvalue weighted by Gasteiger charge is 2.27. The Hall–Kier alpha value is -2.48. The van der Waals surface area contributed by atoms with Crippen molar-refractivity contribution in [2.75, 3.05) is 0 Å². The van der Waals surface area contributed by atoms with E-state index in [9.17, 15) is 0 Å². The van der Waals surface area contributed by atoms with Crippen LogP contribution in [-0.2, 0) is 10.8 Å². The fourth-order valence-electron chi connectivity index (χ4n) is 4.82. The van der Waals surface area contributed by atoms with E-state index in [2.05, 4.69) is 100 Å². The molecule has 3 aromatic carbocycles. The topological polar surface area (TPSA) is 35.5 Å². The molecule has 4 aromatic rings. The zero-order chi connectivity index (χ0) is 26.6. The summed E-state index contributed by atoms with van der Waals surface area (Å²) in [7, 11) is -1.71. The first-order valence-corrected chi connectivity index (χ1v) is 14.0. The Morgan fingerprint density at radius 1 is 0.694 bits per heavy atom. The lowest BCUT2D eigenvalue weighted by Gasteiger charge is -2.23. The highest BCUT2D eigenvalue weighted by Crippen LogP contribution is 2.46. The van der Waals surface area contributed by atoms with Gasteiger partial charge >= 0.3 is 8.24 Å². The lowest BCUT2D eigenvalue weighted by atomic mass is 9.81. The van der Waals surface area contributed by atoms with Gasteiger partial charge in [0, 0.05) is 21.9 Å². The van der Waals surface area contributed by atoms with E-state index in [0.29, 0.717) is 0 Å². The lowest BCUT2D eigenvalue weighted by Crippen LogP contribution is -2.13. The lowest BCUT2D eigenvalue weighted by molar-refractivity contribution is 0.285. The van der Waals surface area contributed by atoms with E-state index in [1.165, 1.54) is 33.4 Å². The summed E-state index contributed by atoms with van der Waals surface area (Å²) in [6, 6.07) is 14.8. The molecule has 1 aromatic heterocycles. The van der Waals surface area contributed by atoms with E-state index in [0.717, 1.165) is 27.5 Å². The van der Waals surface area contributed by atoms with Crippen molar-refractivity contribution in [2.45, 2.75) is 93.1 Å². The van der Waals surface area contributed by atoms with Crippen LogP contribution in [-0.4, -0.2) is 0 Å². The van der Waals surface area contributed by atoms with Crippen molar-refractivity contribution in [3.05, 3.63) is 81.4 Å². The fourth-order valence-corrected chi connectivity index (χ4v) is 6.00. The van der Waals surface area contributed by atoms with Crippen LogP contribution in [0.3, 0.4) is 0 Å². The summed E-state index contributed by atoms with van der Waals surface area (Å²) >= 11 is 0. The summed E-state index contributed by atoms with van der Waals surface area (Å²) < 4.78 is 20.2. The molecular formula is C32H41O3P. The minimum atomic E-state index is -1.71. The van der Waals surface area contributed by atoms with E-state index in [4.69, 9.17) is 12.9 Å². The normalized spacial score (nSPS) is 13.4. The number of aryl methyl sites for hydroxylation is 4. The molecule has 0 amide bonds. The molecule has 192 valence electrons. The monoisotopic (exact) mass is 504 g/mol. The SMILES string of the molecule is Cc1cc(C(C)(C)C)c2op(OC(C)c3ccccc3)oc3c(C(C)(C)C)cc(C)c(C)c3c2c1C. The van der Waals surface area contributed by atoms with Crippen molar-refractivity contribution < 1.29 is 12.9 Å². The van der Waals surface area contributed by atoms with Gasteiger partial charge in [0.15, 0.2) is 0 Å². The number of hydrogen-bond donors (Lipinski definition) is 0. The Bertz CT molecular complexity index is 1380. The van der Waals surface area contributed by atoms with Gasteiger partial charge < -0.3 is 8.39 Å². The van der Waals surface area contributed by atoms with E-state index in [1.54, 1.807) is 0 Å². The first-order chi connectivity index (χ1) is 16.7. The first kappa shape index (κ1) is 26.6. The molecule has 4 heteroatoms. The zero-order valence-electron chi connectivity index (χ0n) is 23.8. The summed E-state index contributed by atoms with van der Waals surface area (Å²) in [4.78, 5) is 0. The van der Waals surface area contributed by atoms with Gasteiger partial charge in [0.2, 0.25) is 0 Å². The van der Waals surface area contributed by atoms with Gasteiger partial charge in [0.1, 0.15) is 11.2 Å². The highest BCUT2D eigenvalue weighted by molar-refractivity contribution is 7.31. The van der Waals surface area contributed by atoms with Gasteiger partial charge in [-0.1, -0.05) is 84.0 Å². The van der Waals surface area contributed by atoms with Crippen molar-refractivity contribution >= 4 is 30.2 Å². The molecule has 0 aliphatic rings. The Morgan fingerprint density at radius 3 is 1.50 bits per heavy atom. The third-order valence-corrected chi connectivity index (χ3v) is 8.46. The van der Waals surface area contributed by atoms with Crippen molar-refractivity contribution in [2.24, 2.45) is 0 Å². The predicted octanol–water partition coefficient (Wildman–Crippen LogP) is 10.3. The molecular weight excluding hydrogens is 463 g/mol. The number of rotatable bonds is 3. The average Bonchev–Trinajstić information content (AvgIpc) is 2.95. The maximum absolute atomic E-state index is 6.81. The molecule has 1 atom stereocenters. The molecule has 36 heavy (non-hydrogen) atoms. The second-order valence-corrected chi connectivity index (χ2v) is 13.2. The van der Waals surface area contributed by atoms with Gasteiger partial charge in [-0.15, -0.1) is 0 Å². The standard InChI is InChI=1S/C32H41O3P/c1-19-17-25(31(6,7)8)29-27(21(19)3)28-22(4)20(2)18-26(32(9,10)11)30(28)35-36(34-29)33-23(5)24-15-13-12-14-16-24/h12-18,23H,1-11H3. The van der Waals surface area contributed by atoms with Crippen LogP contribution in [0.4, 0.5) is 0 Å². The van der Waals surface area contributed by atoms with Gasteiger partial charge in [0.05, 0.1) is 6.10 Å². The largest absolute Gasteiger partial charge is 0.399 e. The molecule has 0 fully saturated rings. The summed E-state index contributed by atoms with van der Waals surface area (Å²) in [6.07, 6.45) is -0.170. The zero-order valence-corrected chi connectivity index (χ0v) is 24.7. The predicted molar refractivity (Wildman–Crippen MR) is 154 cm³/mol. The summed E-state index contributed by atoms with van der Waals surface area (Å²) in [5.41, 5.74) is 10.0. The third-order valence-electron chi connectivity index (χ3n) is 7.31. The Morgan fingerprint density at radius 2 is 1.11 bits per heavy atom. The van der Waals surface area contributed by atoms with Crippen molar-refractivity contribution in [1.29, 1.82) is 0 Å². The number of hydrogen-bond acceptors (Lipinski definition) is 3. The minimum Gasteiger partial charge on any atom is -0.399 e. The van der Waals surface area contributed by atoms with Gasteiger partial charge in [-0.3, -0.25) is 4.52 Å². The molecule has 1 heterocycles. The summed E-state index contributed by atoms with van der Waals surface area (Å²) in [5.74, 6) is 0. The van der Waals surface area contributed by atoms with Crippen LogP contribution in [0, 0.1) is 27.7 Å². The van der Waals surface area contributed by atoms with Gasteiger partial charge in [0.25, 0.3) is 0 Å². The molecule has 0 saturated carbocycles. The van der Waals surface area contributed by atoms with Crippen molar-refractivity contribution in [1.82, 2.24) is 0 Å². The van der Waals surface area contributed by atoms with Crippen LogP contribution in [0.5, 0.6) is 0 Å². The Kier molecular flexibility index (Phi) is 6.97. The first-order valence-electron chi connectivity index (χ1n) is 12.9. The average molecular weight is 505 g/mol. The van der Waals surface area contributed by atoms with E-state index >= 15 is 0 Å². The second-order valence-electron chi connectivity index (χ2n) is 12.2. The van der Waals surface area contributed by atoms with Crippen LogP contribution < -0.4 is 4.52 Å². The molecule has 0 bridgehead atoms. The maximum Gasteiger partial charge on any atom is 0.388 e. The van der Waals surface area contributed by atoms with Crippen LogP contribution in [0.1, 0.15) is 93.5 Å². The van der Waals surface area contributed by atoms with Crippen LogP contribution in [0.2, 0.25) is 0 Å². The molecule has 1 unspecified atom stereocenters. The Balaban J connectivity index is 2.23. The second kappa shape index (κ2) is 9.43. The molecule has 0 radical (unpaired) electrons. The molecule has 0 aliphatic carbocycles. The van der Waals surface area contributed by atoms with Crippen LogP contribution >= 0.6 is 8.24 Å². The number of fused-ring (bicyclic) bond motifs is 3. The molecule has 0 N–H and O–H groups in total. The van der Waals surface area contributed by atoms with Crippen LogP contribution in [0.25, 0.3) is 21.9 Å². The third kappa shape index (κ3) is 4.89. The molecule has 0 saturated heterocycles. The quantitative estimate of drug-likeness (QED) is 0.278. The van der Waals surface area contributed by atoms with E-state index in [1.807, 2.05) is 18.2 Å². The van der Waals surface area contributed by atoms with Gasteiger partial charge in [-0.2, -0.15) is 0 Å². The van der Waals surface area contributed by atoms with E-state index < -0.39 is 8.24 Å². The van der Waals surface area contributed by atoms with Crippen molar-refractivity contribution in [3.8, 4) is 0 Å². The number of benzene rings is 3. The molecule has 0 spiro atoms. The summed E-state index contributed by atoms with van der Waals surface area (Å²) in [5, 5.41) is 2.28. The van der Waals surface area contributed by atoms with Gasteiger partial charge in [-0.25, -0.2) is 0 Å². The smallest absolute Gasteiger partial charge is 0.388 e. The van der Waals surface area contributed by atoms with Gasteiger partial charge in [-0.05, 0) is 73.3 Å². The fraction of sp³-hybridized carbons (Fsp3) is 0.438. The minimum absolute atomic E-state index is 0.107. The Labute approximate surface area is 217 Å². The molecule has 4 rings (SSSR count). The van der Waals surface area contributed by atoms with Crippen molar-refractivity contribution in [3.63, 3.8) is 0 Å². The molecule has 3 nitrogen and oxygen atoms in total. The summed E-state index contributed by atoms with van der Waals surface area (Å²) in [6.45, 7) is 24.3. The molecule has 0 aliphatic heterocycles. The maximum atomic E-state index is 6.81.